The van der Waals surface area contributed by atoms with E-state index in [-0.39, 0.29) is 0 Å². The first-order chi connectivity index (χ1) is 6.79. The van der Waals surface area contributed by atoms with Crippen molar-refractivity contribution < 1.29 is 0 Å². The zero-order valence-corrected chi connectivity index (χ0v) is 8.57. The van der Waals surface area contributed by atoms with Crippen molar-refractivity contribution in [2.24, 2.45) is 0 Å². The number of pyridine rings is 1. The molecule has 72 valence electrons. The monoisotopic (exact) mass is 207 g/mol. The van der Waals surface area contributed by atoms with E-state index in [1.165, 1.54) is 5.56 Å². The molecule has 0 N–H and O–H groups in total. The van der Waals surface area contributed by atoms with E-state index in [4.69, 9.17) is 11.6 Å². The Labute approximate surface area is 87.3 Å². The Morgan fingerprint density at radius 1 is 1.36 bits per heavy atom. The summed E-state index contributed by atoms with van der Waals surface area (Å²) >= 11 is 5.74. The molecule has 0 aromatic carbocycles. The molecule has 0 aliphatic heterocycles. The number of nitrogens with zero attached hydrogens (tertiary/aromatic N) is 3. The predicted octanol–water partition coefficient (Wildman–Crippen LogP) is 2.48. The lowest BCUT2D eigenvalue weighted by atomic mass is 10.3. The van der Waals surface area contributed by atoms with Gasteiger partial charge in [0.1, 0.15) is 0 Å². The van der Waals surface area contributed by atoms with E-state index >= 15 is 0 Å². The molecule has 0 aliphatic carbocycles. The summed E-state index contributed by atoms with van der Waals surface area (Å²) in [5, 5.41) is 4.83. The Balaban J connectivity index is 2.34. The van der Waals surface area contributed by atoms with E-state index in [1.807, 2.05) is 18.5 Å². The van der Waals surface area contributed by atoms with Gasteiger partial charge in [0.05, 0.1) is 11.2 Å². The highest BCUT2D eigenvalue weighted by molar-refractivity contribution is 6.30. The van der Waals surface area contributed by atoms with Gasteiger partial charge in [0.25, 0.3) is 0 Å². The Bertz CT molecular complexity index is 419. The Morgan fingerprint density at radius 2 is 2.21 bits per heavy atom. The topological polar surface area (TPSA) is 30.7 Å². The zero-order chi connectivity index (χ0) is 9.97. The van der Waals surface area contributed by atoms with Gasteiger partial charge in [-0.2, -0.15) is 5.10 Å². The molecule has 4 heteroatoms. The van der Waals surface area contributed by atoms with Crippen molar-refractivity contribution in [3.63, 3.8) is 0 Å². The maximum Gasteiger partial charge on any atom is 0.153 e. The minimum absolute atomic E-state index is 0.636. The summed E-state index contributed by atoms with van der Waals surface area (Å²) in [4.78, 5) is 4.16. The molecule has 0 saturated carbocycles. The van der Waals surface area contributed by atoms with Crippen LogP contribution in [0.1, 0.15) is 12.5 Å². The van der Waals surface area contributed by atoms with Gasteiger partial charge in [0, 0.05) is 12.4 Å². The second-order valence-electron chi connectivity index (χ2n) is 2.98. The van der Waals surface area contributed by atoms with Crippen LogP contribution in [0.3, 0.4) is 0 Å². The number of hydrogen-bond donors (Lipinski definition) is 0. The number of aromatic nitrogens is 3. The van der Waals surface area contributed by atoms with Gasteiger partial charge in [0.15, 0.2) is 5.82 Å². The molecule has 2 heterocycles. The van der Waals surface area contributed by atoms with E-state index in [9.17, 15) is 0 Å². The summed E-state index contributed by atoms with van der Waals surface area (Å²) in [6, 6.07) is 3.64. The van der Waals surface area contributed by atoms with Gasteiger partial charge in [-0.25, -0.2) is 9.67 Å². The van der Waals surface area contributed by atoms with Crippen molar-refractivity contribution >= 4 is 11.6 Å². The fourth-order valence-corrected chi connectivity index (χ4v) is 1.28. The van der Waals surface area contributed by atoms with Crippen molar-refractivity contribution in [3.05, 3.63) is 41.3 Å². The fourth-order valence-electron chi connectivity index (χ4n) is 1.17. The molecule has 2 rings (SSSR count). The van der Waals surface area contributed by atoms with Gasteiger partial charge >= 0.3 is 0 Å². The molecule has 2 aromatic rings. The minimum Gasteiger partial charge on any atom is -0.236 e. The first kappa shape index (κ1) is 9.21. The fraction of sp³-hybridized carbons (Fsp3) is 0.200. The highest BCUT2D eigenvalue weighted by Gasteiger charge is 1.99. The van der Waals surface area contributed by atoms with E-state index < -0.39 is 0 Å². The average Bonchev–Trinajstić information content (AvgIpc) is 2.67. The van der Waals surface area contributed by atoms with Crippen molar-refractivity contribution in [2.75, 3.05) is 0 Å². The van der Waals surface area contributed by atoms with Crippen LogP contribution in [0, 0.1) is 0 Å². The third kappa shape index (κ3) is 1.77. The van der Waals surface area contributed by atoms with E-state index in [0.717, 1.165) is 12.2 Å². The molecule has 0 fully saturated rings. The highest BCUT2D eigenvalue weighted by atomic mass is 35.5. The molecular weight excluding hydrogens is 198 g/mol. The summed E-state index contributed by atoms with van der Waals surface area (Å²) < 4.78 is 1.75. The van der Waals surface area contributed by atoms with Crippen LogP contribution < -0.4 is 0 Å². The molecule has 0 unspecified atom stereocenters. The molecule has 0 spiro atoms. The normalized spacial score (nSPS) is 10.4. The number of halogens is 1. The van der Waals surface area contributed by atoms with Crippen molar-refractivity contribution in [1.82, 2.24) is 14.8 Å². The van der Waals surface area contributed by atoms with Crippen LogP contribution in [-0.2, 0) is 6.42 Å². The van der Waals surface area contributed by atoms with E-state index in [1.54, 1.807) is 16.9 Å². The summed E-state index contributed by atoms with van der Waals surface area (Å²) in [5.74, 6) is 0.786. The lowest BCUT2D eigenvalue weighted by Crippen LogP contribution is -1.96. The minimum atomic E-state index is 0.636. The molecule has 3 nitrogen and oxygen atoms in total. The summed E-state index contributed by atoms with van der Waals surface area (Å²) in [6.45, 7) is 2.09. The molecule has 0 bridgehead atoms. The largest absolute Gasteiger partial charge is 0.236 e. The molecule has 0 atom stereocenters. The van der Waals surface area contributed by atoms with Gasteiger partial charge in [-0.15, -0.1) is 0 Å². The number of rotatable bonds is 2. The molecule has 14 heavy (non-hydrogen) atoms. The lowest BCUT2D eigenvalue weighted by Gasteiger charge is -1.98. The molecular formula is C10H10ClN3. The van der Waals surface area contributed by atoms with E-state index in [0.29, 0.717) is 5.02 Å². The van der Waals surface area contributed by atoms with Crippen LogP contribution in [0.4, 0.5) is 0 Å². The average molecular weight is 208 g/mol. The van der Waals surface area contributed by atoms with Gasteiger partial charge in [-0.1, -0.05) is 18.5 Å². The maximum absolute atomic E-state index is 5.74. The lowest BCUT2D eigenvalue weighted by molar-refractivity contribution is 0.846. The number of hydrogen-bond acceptors (Lipinski definition) is 2. The smallest absolute Gasteiger partial charge is 0.153 e. The van der Waals surface area contributed by atoms with Gasteiger partial charge < -0.3 is 0 Å². The standard InChI is InChI=1S/C10H10ClN3/c1-2-8-5-13-14(7-8)10-4-3-9(11)6-12-10/h3-7H,2H2,1H3. The quantitative estimate of drug-likeness (QED) is 0.758. The first-order valence-electron chi connectivity index (χ1n) is 4.45. The third-order valence-corrected chi connectivity index (χ3v) is 2.21. The highest BCUT2D eigenvalue weighted by Crippen LogP contribution is 2.10. The predicted molar refractivity (Wildman–Crippen MR) is 55.7 cm³/mol. The molecule has 0 aliphatic rings. The Morgan fingerprint density at radius 3 is 2.79 bits per heavy atom. The second kappa shape index (κ2) is 3.80. The van der Waals surface area contributed by atoms with Crippen molar-refractivity contribution in [2.45, 2.75) is 13.3 Å². The Kier molecular flexibility index (Phi) is 2.50. The van der Waals surface area contributed by atoms with Crippen LogP contribution in [0.5, 0.6) is 0 Å². The van der Waals surface area contributed by atoms with Crippen LogP contribution in [0.15, 0.2) is 30.7 Å². The van der Waals surface area contributed by atoms with Gasteiger partial charge in [0.2, 0.25) is 0 Å². The van der Waals surface area contributed by atoms with Crippen LogP contribution >= 0.6 is 11.6 Å². The van der Waals surface area contributed by atoms with Crippen LogP contribution in [0.25, 0.3) is 5.82 Å². The summed E-state index contributed by atoms with van der Waals surface area (Å²) in [6.07, 6.45) is 6.41. The van der Waals surface area contributed by atoms with Gasteiger partial charge in [-0.3, -0.25) is 0 Å². The van der Waals surface area contributed by atoms with Crippen molar-refractivity contribution in [3.8, 4) is 5.82 Å². The molecule has 2 aromatic heterocycles. The zero-order valence-electron chi connectivity index (χ0n) is 7.81. The Hall–Kier alpha value is -1.35. The summed E-state index contributed by atoms with van der Waals surface area (Å²) in [7, 11) is 0. The number of aryl methyl sites for hydroxylation is 1. The van der Waals surface area contributed by atoms with E-state index in [2.05, 4.69) is 17.0 Å². The third-order valence-electron chi connectivity index (χ3n) is 1.99. The second-order valence-corrected chi connectivity index (χ2v) is 3.42. The molecule has 0 saturated heterocycles. The SMILES string of the molecule is CCc1cnn(-c2ccc(Cl)cn2)c1. The van der Waals surface area contributed by atoms with Gasteiger partial charge in [-0.05, 0) is 24.1 Å². The van der Waals surface area contributed by atoms with Crippen molar-refractivity contribution in [1.29, 1.82) is 0 Å². The molecule has 0 amide bonds. The summed E-state index contributed by atoms with van der Waals surface area (Å²) in [5.41, 5.74) is 1.20. The first-order valence-corrected chi connectivity index (χ1v) is 4.83. The maximum atomic E-state index is 5.74. The van der Waals surface area contributed by atoms with Crippen LogP contribution in [0.2, 0.25) is 5.02 Å². The molecule has 0 radical (unpaired) electrons. The van der Waals surface area contributed by atoms with Crippen LogP contribution in [-0.4, -0.2) is 14.8 Å².